The standard InChI is InChI=1S/C28H33N3O3S/c1-20-7-11-22(12-8-20)18-29-25(32)6-4-3-5-16-30-27(33)26-24(15-17-35-26)31(28(30)34)19-23-13-9-21(2)10-14-23/h7-15,17,24,26H,3-6,16,18-19H2,1-2H3,(H,29,32). The highest BCUT2D eigenvalue weighted by Crippen LogP contribution is 2.35. The minimum absolute atomic E-state index is 0.0243. The van der Waals surface area contributed by atoms with Crippen LogP contribution in [0.3, 0.4) is 0 Å². The van der Waals surface area contributed by atoms with Gasteiger partial charge in [0.1, 0.15) is 5.25 Å². The van der Waals surface area contributed by atoms with E-state index in [0.717, 1.165) is 24.0 Å². The fourth-order valence-electron chi connectivity index (χ4n) is 4.39. The highest BCUT2D eigenvalue weighted by molar-refractivity contribution is 8.03. The van der Waals surface area contributed by atoms with Crippen LogP contribution in [0.25, 0.3) is 0 Å². The van der Waals surface area contributed by atoms with Crippen molar-refractivity contribution in [2.75, 3.05) is 6.54 Å². The molecular formula is C28H33N3O3S. The summed E-state index contributed by atoms with van der Waals surface area (Å²) in [5.74, 6) is -0.0813. The van der Waals surface area contributed by atoms with E-state index in [1.807, 2.05) is 78.8 Å². The van der Waals surface area contributed by atoms with Crippen molar-refractivity contribution in [1.82, 2.24) is 15.1 Å². The Hall–Kier alpha value is -3.06. The number of thioether (sulfide) groups is 1. The second-order valence-corrected chi connectivity index (χ2v) is 10.4. The van der Waals surface area contributed by atoms with E-state index in [1.54, 1.807) is 0 Å². The van der Waals surface area contributed by atoms with Crippen molar-refractivity contribution in [2.24, 2.45) is 0 Å². The van der Waals surface area contributed by atoms with Crippen LogP contribution >= 0.6 is 11.8 Å². The van der Waals surface area contributed by atoms with E-state index in [0.29, 0.717) is 32.5 Å². The predicted molar refractivity (Wildman–Crippen MR) is 140 cm³/mol. The van der Waals surface area contributed by atoms with Crippen molar-refractivity contribution in [1.29, 1.82) is 0 Å². The van der Waals surface area contributed by atoms with Crippen LogP contribution in [0.4, 0.5) is 4.79 Å². The van der Waals surface area contributed by atoms with Gasteiger partial charge in [-0.2, -0.15) is 0 Å². The zero-order valence-corrected chi connectivity index (χ0v) is 21.2. The van der Waals surface area contributed by atoms with Gasteiger partial charge in [0.15, 0.2) is 0 Å². The number of unbranched alkanes of at least 4 members (excludes halogenated alkanes) is 2. The first-order valence-electron chi connectivity index (χ1n) is 12.2. The number of imide groups is 1. The summed E-state index contributed by atoms with van der Waals surface area (Å²) < 4.78 is 0. The molecule has 0 radical (unpaired) electrons. The Morgan fingerprint density at radius 1 is 0.914 bits per heavy atom. The highest BCUT2D eigenvalue weighted by atomic mass is 32.2. The molecule has 2 aromatic rings. The van der Waals surface area contributed by atoms with E-state index in [9.17, 15) is 14.4 Å². The van der Waals surface area contributed by atoms with Gasteiger partial charge in [0.2, 0.25) is 11.8 Å². The van der Waals surface area contributed by atoms with Crippen molar-refractivity contribution in [3.63, 3.8) is 0 Å². The van der Waals surface area contributed by atoms with Crippen molar-refractivity contribution < 1.29 is 14.4 Å². The molecule has 184 valence electrons. The molecule has 2 aliphatic heterocycles. The van der Waals surface area contributed by atoms with Gasteiger partial charge in [-0.15, -0.1) is 11.8 Å². The number of aryl methyl sites for hydroxylation is 2. The molecule has 7 heteroatoms. The molecule has 2 heterocycles. The monoisotopic (exact) mass is 491 g/mol. The highest BCUT2D eigenvalue weighted by Gasteiger charge is 2.46. The van der Waals surface area contributed by atoms with Crippen LogP contribution in [0.1, 0.15) is 47.9 Å². The number of nitrogens with zero attached hydrogens (tertiary/aromatic N) is 2. The average molecular weight is 492 g/mol. The number of urea groups is 1. The molecule has 2 aromatic carbocycles. The second-order valence-electron chi connectivity index (χ2n) is 9.33. The molecule has 2 aliphatic rings. The van der Waals surface area contributed by atoms with Crippen molar-refractivity contribution in [3.05, 3.63) is 82.3 Å². The Labute approximate surface area is 211 Å². The van der Waals surface area contributed by atoms with E-state index < -0.39 is 0 Å². The smallest absolute Gasteiger partial charge is 0.327 e. The zero-order chi connectivity index (χ0) is 24.8. The minimum atomic E-state index is -0.272. The molecule has 4 rings (SSSR count). The summed E-state index contributed by atoms with van der Waals surface area (Å²) in [4.78, 5) is 41.7. The maximum Gasteiger partial charge on any atom is 0.327 e. The quantitative estimate of drug-likeness (QED) is 0.478. The topological polar surface area (TPSA) is 69.7 Å². The Morgan fingerprint density at radius 2 is 1.57 bits per heavy atom. The third-order valence-corrected chi connectivity index (χ3v) is 7.61. The number of hydrogen-bond donors (Lipinski definition) is 1. The van der Waals surface area contributed by atoms with Gasteiger partial charge >= 0.3 is 6.03 Å². The number of amides is 4. The fraction of sp³-hybridized carbons (Fsp3) is 0.393. The molecule has 1 fully saturated rings. The van der Waals surface area contributed by atoms with Gasteiger partial charge in [0, 0.05) is 26.1 Å². The van der Waals surface area contributed by atoms with E-state index in [-0.39, 0.29) is 29.1 Å². The first-order chi connectivity index (χ1) is 16.9. The molecule has 1 N–H and O–H groups in total. The van der Waals surface area contributed by atoms with E-state index in [4.69, 9.17) is 0 Å². The summed E-state index contributed by atoms with van der Waals surface area (Å²) >= 11 is 1.49. The third kappa shape index (κ3) is 6.34. The van der Waals surface area contributed by atoms with Crippen LogP contribution in [0, 0.1) is 13.8 Å². The molecule has 0 spiro atoms. The molecule has 0 bridgehead atoms. The van der Waals surface area contributed by atoms with Crippen molar-refractivity contribution in [2.45, 2.75) is 63.9 Å². The predicted octanol–water partition coefficient (Wildman–Crippen LogP) is 4.94. The molecular weight excluding hydrogens is 458 g/mol. The summed E-state index contributed by atoms with van der Waals surface area (Å²) in [6, 6.07) is 15.8. The van der Waals surface area contributed by atoms with Crippen LogP contribution in [0.5, 0.6) is 0 Å². The van der Waals surface area contributed by atoms with Gasteiger partial charge in [0.25, 0.3) is 0 Å². The lowest BCUT2D eigenvalue weighted by Crippen LogP contribution is -2.61. The van der Waals surface area contributed by atoms with Crippen LogP contribution < -0.4 is 5.32 Å². The lowest BCUT2D eigenvalue weighted by molar-refractivity contribution is -0.131. The van der Waals surface area contributed by atoms with Gasteiger partial charge in [-0.3, -0.25) is 14.5 Å². The SMILES string of the molecule is Cc1ccc(CNC(=O)CCCCCN2C(=O)C3SC=CC3N(Cc3ccc(C)cc3)C2=O)cc1. The number of rotatable bonds is 10. The molecule has 35 heavy (non-hydrogen) atoms. The average Bonchev–Trinajstić information content (AvgIpc) is 3.34. The summed E-state index contributed by atoms with van der Waals surface area (Å²) in [6.45, 7) is 5.47. The maximum atomic E-state index is 13.3. The first-order valence-corrected chi connectivity index (χ1v) is 13.2. The number of benzene rings is 2. The van der Waals surface area contributed by atoms with Crippen LogP contribution in [-0.2, 0) is 22.7 Å². The minimum Gasteiger partial charge on any atom is -0.352 e. The Bertz CT molecular complexity index is 1080. The maximum absolute atomic E-state index is 13.3. The Balaban J connectivity index is 1.24. The molecule has 2 unspecified atom stereocenters. The molecule has 0 saturated carbocycles. The van der Waals surface area contributed by atoms with Crippen molar-refractivity contribution >= 4 is 29.6 Å². The van der Waals surface area contributed by atoms with E-state index in [2.05, 4.69) is 5.32 Å². The molecule has 2 atom stereocenters. The summed E-state index contributed by atoms with van der Waals surface area (Å²) in [5.41, 5.74) is 4.51. The summed E-state index contributed by atoms with van der Waals surface area (Å²) in [5, 5.41) is 4.62. The normalized spacial score (nSPS) is 19.3. The van der Waals surface area contributed by atoms with Gasteiger partial charge in [0.05, 0.1) is 6.04 Å². The molecule has 0 aliphatic carbocycles. The van der Waals surface area contributed by atoms with Gasteiger partial charge in [-0.25, -0.2) is 4.79 Å². The number of hydrogen-bond acceptors (Lipinski definition) is 4. The fourth-order valence-corrected chi connectivity index (χ4v) is 5.45. The van der Waals surface area contributed by atoms with Crippen LogP contribution in [-0.4, -0.2) is 45.5 Å². The summed E-state index contributed by atoms with van der Waals surface area (Å²) in [6.07, 6.45) is 4.61. The Morgan fingerprint density at radius 3 is 2.26 bits per heavy atom. The number of carbonyl (C=O) groups excluding carboxylic acids is 3. The van der Waals surface area contributed by atoms with E-state index in [1.165, 1.54) is 27.8 Å². The molecule has 4 amide bonds. The van der Waals surface area contributed by atoms with Gasteiger partial charge in [-0.1, -0.05) is 72.2 Å². The summed E-state index contributed by atoms with van der Waals surface area (Å²) in [7, 11) is 0. The molecule has 0 aromatic heterocycles. The van der Waals surface area contributed by atoms with Gasteiger partial charge < -0.3 is 10.2 Å². The molecule has 1 saturated heterocycles. The Kier molecular flexibility index (Phi) is 8.29. The molecule has 6 nitrogen and oxygen atoms in total. The van der Waals surface area contributed by atoms with E-state index >= 15 is 0 Å². The third-order valence-electron chi connectivity index (χ3n) is 6.53. The van der Waals surface area contributed by atoms with Crippen LogP contribution in [0.2, 0.25) is 0 Å². The number of carbonyl (C=O) groups is 3. The lowest BCUT2D eigenvalue weighted by atomic mass is 10.1. The zero-order valence-electron chi connectivity index (χ0n) is 20.4. The first kappa shape index (κ1) is 25.0. The second kappa shape index (κ2) is 11.6. The van der Waals surface area contributed by atoms with Crippen LogP contribution in [0.15, 0.2) is 60.0 Å². The number of nitrogens with one attached hydrogen (secondary N) is 1. The van der Waals surface area contributed by atoms with Crippen molar-refractivity contribution in [3.8, 4) is 0 Å². The number of fused-ring (bicyclic) bond motifs is 1. The van der Waals surface area contributed by atoms with Gasteiger partial charge in [-0.05, 0) is 43.2 Å². The largest absolute Gasteiger partial charge is 0.352 e. The lowest BCUT2D eigenvalue weighted by Gasteiger charge is -2.41.